The Labute approximate surface area is 117 Å². The molecule has 2 rings (SSSR count). The molecule has 1 aliphatic rings. The van der Waals surface area contributed by atoms with Crippen LogP contribution in [0.2, 0.25) is 0 Å². The van der Waals surface area contributed by atoms with E-state index in [0.29, 0.717) is 22.7 Å². The average molecular weight is 315 g/mol. The molecule has 3 atom stereocenters. The fraction of sp³-hybridized carbons (Fsp3) is 0.600. The van der Waals surface area contributed by atoms with E-state index >= 15 is 0 Å². The fourth-order valence-corrected chi connectivity index (χ4v) is 3.29. The van der Waals surface area contributed by atoms with Crippen molar-refractivity contribution >= 4 is 15.9 Å². The molecule has 0 spiro atoms. The van der Waals surface area contributed by atoms with Gasteiger partial charge >= 0.3 is 0 Å². The fourth-order valence-electron chi connectivity index (χ4n) is 2.88. The first kappa shape index (κ1) is 14.0. The predicted molar refractivity (Wildman–Crippen MR) is 74.9 cm³/mol. The quantitative estimate of drug-likeness (QED) is 0.862. The summed E-state index contributed by atoms with van der Waals surface area (Å²) < 4.78 is 14.0. The van der Waals surface area contributed by atoms with Crippen LogP contribution in [0.5, 0.6) is 0 Å². The monoisotopic (exact) mass is 314 g/mol. The molecule has 1 fully saturated rings. The second-order valence-corrected chi connectivity index (χ2v) is 6.60. The zero-order valence-corrected chi connectivity index (χ0v) is 12.5. The normalized spacial score (nSPS) is 32.5. The van der Waals surface area contributed by atoms with Gasteiger partial charge in [-0.25, -0.2) is 4.39 Å². The average Bonchev–Trinajstić information content (AvgIpc) is 2.31. The maximum Gasteiger partial charge on any atom is 0.137 e. The van der Waals surface area contributed by atoms with E-state index in [2.05, 4.69) is 29.8 Å². The molecule has 3 unspecified atom stereocenters. The lowest BCUT2D eigenvalue weighted by Gasteiger charge is -2.39. The van der Waals surface area contributed by atoms with Crippen LogP contribution in [0, 0.1) is 17.7 Å². The van der Waals surface area contributed by atoms with Crippen LogP contribution in [0.1, 0.15) is 38.7 Å². The van der Waals surface area contributed by atoms with Crippen LogP contribution in [0.3, 0.4) is 0 Å². The molecule has 0 radical (unpaired) electrons. The number of rotatable bonds is 2. The molecule has 0 aliphatic heterocycles. The first-order valence-corrected chi connectivity index (χ1v) is 7.36. The Morgan fingerprint density at radius 3 is 2.78 bits per heavy atom. The van der Waals surface area contributed by atoms with E-state index in [9.17, 15) is 9.50 Å². The minimum atomic E-state index is -0.678. The van der Waals surface area contributed by atoms with Gasteiger partial charge in [-0.2, -0.15) is 0 Å². The summed E-state index contributed by atoms with van der Waals surface area (Å²) in [6.45, 7) is 4.43. The molecule has 1 aromatic rings. The van der Waals surface area contributed by atoms with Gasteiger partial charge in [0.2, 0.25) is 0 Å². The molecule has 1 aromatic carbocycles. The van der Waals surface area contributed by atoms with E-state index in [1.807, 2.05) is 6.07 Å². The smallest absolute Gasteiger partial charge is 0.137 e. The van der Waals surface area contributed by atoms with E-state index in [-0.39, 0.29) is 5.82 Å². The maximum atomic E-state index is 13.5. The number of hydrogen-bond acceptors (Lipinski definition) is 1. The Morgan fingerprint density at radius 2 is 2.11 bits per heavy atom. The molecule has 0 heterocycles. The van der Waals surface area contributed by atoms with Gasteiger partial charge in [0.1, 0.15) is 5.82 Å². The first-order valence-electron chi connectivity index (χ1n) is 6.56. The van der Waals surface area contributed by atoms with Crippen molar-refractivity contribution in [2.24, 2.45) is 11.8 Å². The Balaban J connectivity index is 2.15. The minimum absolute atomic E-state index is 0.256. The van der Waals surface area contributed by atoms with Crippen LogP contribution in [0.25, 0.3) is 0 Å². The minimum Gasteiger partial charge on any atom is -0.390 e. The van der Waals surface area contributed by atoms with Gasteiger partial charge in [0.25, 0.3) is 0 Å². The zero-order chi connectivity index (χ0) is 13.3. The SMILES string of the molecule is CC1CCC(O)(Cc2cccc(F)c2Br)CC1C. The summed E-state index contributed by atoms with van der Waals surface area (Å²) in [6.07, 6.45) is 3.19. The highest BCUT2D eigenvalue weighted by molar-refractivity contribution is 9.10. The highest BCUT2D eigenvalue weighted by Gasteiger charge is 2.36. The van der Waals surface area contributed by atoms with Crippen molar-refractivity contribution < 1.29 is 9.50 Å². The van der Waals surface area contributed by atoms with Gasteiger partial charge in [-0.15, -0.1) is 0 Å². The third kappa shape index (κ3) is 2.94. The molecule has 0 bridgehead atoms. The summed E-state index contributed by atoms with van der Waals surface area (Å²) in [6, 6.07) is 5.02. The molecule has 1 N–H and O–H groups in total. The standard InChI is InChI=1S/C15H20BrFO/c1-10-6-7-15(18,8-11(10)2)9-12-4-3-5-13(17)14(12)16/h3-5,10-11,18H,6-9H2,1-2H3. The first-order chi connectivity index (χ1) is 8.41. The lowest BCUT2D eigenvalue weighted by atomic mass is 9.71. The van der Waals surface area contributed by atoms with Crippen molar-refractivity contribution in [1.82, 2.24) is 0 Å². The van der Waals surface area contributed by atoms with Crippen molar-refractivity contribution in [2.45, 2.75) is 45.1 Å². The van der Waals surface area contributed by atoms with Crippen LogP contribution in [0.4, 0.5) is 4.39 Å². The maximum absolute atomic E-state index is 13.5. The van der Waals surface area contributed by atoms with E-state index in [4.69, 9.17) is 0 Å². The van der Waals surface area contributed by atoms with E-state index < -0.39 is 5.60 Å². The Bertz CT molecular complexity index is 435. The molecule has 3 heteroatoms. The summed E-state index contributed by atoms with van der Waals surface area (Å²) in [5, 5.41) is 10.7. The Kier molecular flexibility index (Phi) is 4.12. The van der Waals surface area contributed by atoms with Gasteiger partial charge in [0.05, 0.1) is 10.1 Å². The van der Waals surface area contributed by atoms with Gasteiger partial charge < -0.3 is 5.11 Å². The molecule has 0 aromatic heterocycles. The lowest BCUT2D eigenvalue weighted by Crippen LogP contribution is -2.39. The second kappa shape index (κ2) is 5.30. The Hall–Kier alpha value is -0.410. The number of aliphatic hydroxyl groups is 1. The zero-order valence-electron chi connectivity index (χ0n) is 10.9. The van der Waals surface area contributed by atoms with Crippen molar-refractivity contribution in [1.29, 1.82) is 0 Å². The summed E-state index contributed by atoms with van der Waals surface area (Å²) in [4.78, 5) is 0. The summed E-state index contributed by atoms with van der Waals surface area (Å²) in [7, 11) is 0. The molecular formula is C15H20BrFO. The van der Waals surface area contributed by atoms with E-state index in [1.165, 1.54) is 6.07 Å². The summed E-state index contributed by atoms with van der Waals surface area (Å²) in [5.41, 5.74) is 0.182. The Morgan fingerprint density at radius 1 is 1.39 bits per heavy atom. The third-order valence-electron chi connectivity index (χ3n) is 4.29. The lowest BCUT2D eigenvalue weighted by molar-refractivity contribution is -0.0281. The van der Waals surface area contributed by atoms with Gasteiger partial charge in [0, 0.05) is 6.42 Å². The van der Waals surface area contributed by atoms with Crippen molar-refractivity contribution in [3.8, 4) is 0 Å². The summed E-state index contributed by atoms with van der Waals surface area (Å²) in [5.74, 6) is 0.936. The molecule has 18 heavy (non-hydrogen) atoms. The van der Waals surface area contributed by atoms with Crippen LogP contribution in [-0.4, -0.2) is 10.7 Å². The van der Waals surface area contributed by atoms with Gasteiger partial charge in [0.15, 0.2) is 0 Å². The number of hydrogen-bond donors (Lipinski definition) is 1. The molecule has 1 nitrogen and oxygen atoms in total. The van der Waals surface area contributed by atoms with Crippen LogP contribution in [-0.2, 0) is 6.42 Å². The van der Waals surface area contributed by atoms with Crippen LogP contribution >= 0.6 is 15.9 Å². The van der Waals surface area contributed by atoms with Crippen molar-refractivity contribution in [3.63, 3.8) is 0 Å². The van der Waals surface area contributed by atoms with Gasteiger partial charge in [-0.1, -0.05) is 26.0 Å². The van der Waals surface area contributed by atoms with Crippen LogP contribution in [0.15, 0.2) is 22.7 Å². The second-order valence-electron chi connectivity index (χ2n) is 5.81. The van der Waals surface area contributed by atoms with Crippen molar-refractivity contribution in [2.75, 3.05) is 0 Å². The molecule has 0 saturated heterocycles. The third-order valence-corrected chi connectivity index (χ3v) is 5.18. The highest BCUT2D eigenvalue weighted by atomic mass is 79.9. The molecule has 1 saturated carbocycles. The highest BCUT2D eigenvalue weighted by Crippen LogP contribution is 2.39. The van der Waals surface area contributed by atoms with E-state index in [1.54, 1.807) is 6.07 Å². The number of halogens is 2. The predicted octanol–water partition coefficient (Wildman–Crippen LogP) is 4.32. The van der Waals surface area contributed by atoms with Gasteiger partial charge in [-0.05, 0) is 58.7 Å². The van der Waals surface area contributed by atoms with Crippen molar-refractivity contribution in [3.05, 3.63) is 34.1 Å². The molecule has 1 aliphatic carbocycles. The van der Waals surface area contributed by atoms with Crippen LogP contribution < -0.4 is 0 Å². The molecule has 100 valence electrons. The summed E-state index contributed by atoms with van der Waals surface area (Å²) >= 11 is 3.27. The number of benzene rings is 1. The largest absolute Gasteiger partial charge is 0.390 e. The van der Waals surface area contributed by atoms with Gasteiger partial charge in [-0.3, -0.25) is 0 Å². The molecular weight excluding hydrogens is 295 g/mol. The van der Waals surface area contributed by atoms with E-state index in [0.717, 1.165) is 24.8 Å². The topological polar surface area (TPSA) is 20.2 Å². The molecule has 0 amide bonds.